The maximum absolute atomic E-state index is 11.5. The zero-order valence-corrected chi connectivity index (χ0v) is 10.2. The summed E-state index contributed by atoms with van der Waals surface area (Å²) in [6, 6.07) is 7.26. The maximum atomic E-state index is 11.5. The Morgan fingerprint density at radius 3 is 2.29 bits per heavy atom. The Morgan fingerprint density at radius 1 is 1.18 bits per heavy atom. The summed E-state index contributed by atoms with van der Waals surface area (Å²) >= 11 is 0. The first kappa shape index (κ1) is 12.5. The largest absolute Gasteiger partial charge is 0.392 e. The van der Waals surface area contributed by atoms with Gasteiger partial charge in [-0.1, -0.05) is 24.3 Å². The highest BCUT2D eigenvalue weighted by Gasteiger charge is 2.26. The van der Waals surface area contributed by atoms with Gasteiger partial charge in [-0.05, 0) is 24.0 Å². The molecule has 1 fully saturated rings. The molecule has 3 N–H and O–H groups in total. The van der Waals surface area contributed by atoms with Gasteiger partial charge in [-0.3, -0.25) is 0 Å². The van der Waals surface area contributed by atoms with Gasteiger partial charge in [-0.2, -0.15) is 17.9 Å². The van der Waals surface area contributed by atoms with E-state index in [-0.39, 0.29) is 19.2 Å². The summed E-state index contributed by atoms with van der Waals surface area (Å²) in [5, 5.41) is 8.87. The number of hydrogen-bond acceptors (Lipinski definition) is 3. The molecule has 0 spiro atoms. The van der Waals surface area contributed by atoms with E-state index in [1.807, 2.05) is 0 Å². The molecule has 1 aliphatic rings. The SMILES string of the molecule is O=S(=O)(NCc1ccc(CO)cc1)NC1CC1. The van der Waals surface area contributed by atoms with Crippen LogP contribution < -0.4 is 9.44 Å². The lowest BCUT2D eigenvalue weighted by Gasteiger charge is -2.07. The highest BCUT2D eigenvalue weighted by molar-refractivity contribution is 7.87. The number of nitrogens with one attached hydrogen (secondary N) is 2. The van der Waals surface area contributed by atoms with Gasteiger partial charge >= 0.3 is 0 Å². The van der Waals surface area contributed by atoms with E-state index >= 15 is 0 Å². The van der Waals surface area contributed by atoms with Gasteiger partial charge in [0, 0.05) is 12.6 Å². The van der Waals surface area contributed by atoms with Crippen LogP contribution in [0.2, 0.25) is 0 Å². The fraction of sp³-hybridized carbons (Fsp3) is 0.455. The van der Waals surface area contributed by atoms with E-state index in [2.05, 4.69) is 9.44 Å². The lowest BCUT2D eigenvalue weighted by Crippen LogP contribution is -2.37. The van der Waals surface area contributed by atoms with Crippen molar-refractivity contribution in [3.63, 3.8) is 0 Å². The van der Waals surface area contributed by atoms with Crippen molar-refractivity contribution in [1.29, 1.82) is 0 Å². The average Bonchev–Trinajstić information content (AvgIpc) is 3.10. The van der Waals surface area contributed by atoms with Crippen molar-refractivity contribution in [2.45, 2.75) is 32.0 Å². The van der Waals surface area contributed by atoms with E-state index in [0.717, 1.165) is 24.0 Å². The molecule has 0 atom stereocenters. The minimum absolute atomic E-state index is 0.00472. The smallest absolute Gasteiger partial charge is 0.277 e. The van der Waals surface area contributed by atoms with Gasteiger partial charge in [-0.25, -0.2) is 0 Å². The van der Waals surface area contributed by atoms with E-state index in [9.17, 15) is 8.42 Å². The molecule has 0 unspecified atom stereocenters. The maximum Gasteiger partial charge on any atom is 0.277 e. The molecule has 1 saturated carbocycles. The quantitative estimate of drug-likeness (QED) is 0.683. The van der Waals surface area contributed by atoms with Crippen LogP contribution in [0.25, 0.3) is 0 Å². The van der Waals surface area contributed by atoms with Gasteiger partial charge in [0.2, 0.25) is 0 Å². The highest BCUT2D eigenvalue weighted by atomic mass is 32.2. The van der Waals surface area contributed by atoms with Gasteiger partial charge in [0.25, 0.3) is 10.2 Å². The molecule has 0 bridgehead atoms. The second kappa shape index (κ2) is 5.14. The van der Waals surface area contributed by atoms with Crippen molar-refractivity contribution in [3.8, 4) is 0 Å². The van der Waals surface area contributed by atoms with E-state index in [4.69, 9.17) is 5.11 Å². The van der Waals surface area contributed by atoms with Crippen LogP contribution in [0.3, 0.4) is 0 Å². The van der Waals surface area contributed by atoms with Crippen LogP contribution in [-0.4, -0.2) is 19.6 Å². The summed E-state index contributed by atoms with van der Waals surface area (Å²) in [6.45, 7) is 0.253. The Balaban J connectivity index is 1.87. The topological polar surface area (TPSA) is 78.4 Å². The van der Waals surface area contributed by atoms with E-state index < -0.39 is 10.2 Å². The van der Waals surface area contributed by atoms with Crippen LogP contribution >= 0.6 is 0 Å². The molecule has 0 saturated heterocycles. The monoisotopic (exact) mass is 256 g/mol. The Morgan fingerprint density at radius 2 is 1.76 bits per heavy atom. The third-order valence-electron chi connectivity index (χ3n) is 2.57. The molecule has 17 heavy (non-hydrogen) atoms. The summed E-state index contributed by atoms with van der Waals surface area (Å²) in [5.41, 5.74) is 1.68. The van der Waals surface area contributed by atoms with E-state index in [1.54, 1.807) is 24.3 Å². The lowest BCUT2D eigenvalue weighted by atomic mass is 10.1. The molecule has 0 aliphatic heterocycles. The second-order valence-corrected chi connectivity index (χ2v) is 5.72. The third kappa shape index (κ3) is 4.08. The molecule has 1 aliphatic carbocycles. The first-order chi connectivity index (χ1) is 8.09. The lowest BCUT2D eigenvalue weighted by molar-refractivity contribution is 0.282. The first-order valence-corrected chi connectivity index (χ1v) is 7.03. The van der Waals surface area contributed by atoms with Crippen molar-refractivity contribution < 1.29 is 13.5 Å². The molecule has 0 amide bonds. The van der Waals surface area contributed by atoms with Crippen LogP contribution in [0.5, 0.6) is 0 Å². The molecule has 0 heterocycles. The van der Waals surface area contributed by atoms with Crippen molar-refractivity contribution >= 4 is 10.2 Å². The fourth-order valence-corrected chi connectivity index (χ4v) is 2.52. The Hall–Kier alpha value is -0.950. The number of aliphatic hydroxyl groups excluding tert-OH is 1. The molecule has 1 aromatic rings. The molecular weight excluding hydrogens is 240 g/mol. The van der Waals surface area contributed by atoms with Gasteiger partial charge < -0.3 is 5.11 Å². The summed E-state index contributed by atoms with van der Waals surface area (Å²) in [5.74, 6) is 0. The third-order valence-corrected chi connectivity index (χ3v) is 3.74. The van der Waals surface area contributed by atoms with Gasteiger partial charge in [0.1, 0.15) is 0 Å². The number of rotatable bonds is 6. The minimum atomic E-state index is -3.38. The molecule has 94 valence electrons. The van der Waals surface area contributed by atoms with Crippen molar-refractivity contribution in [2.75, 3.05) is 0 Å². The van der Waals surface area contributed by atoms with Crippen LogP contribution in [-0.2, 0) is 23.4 Å². The predicted molar refractivity (Wildman–Crippen MR) is 64.3 cm³/mol. The minimum Gasteiger partial charge on any atom is -0.392 e. The zero-order valence-electron chi connectivity index (χ0n) is 9.39. The average molecular weight is 256 g/mol. The van der Waals surface area contributed by atoms with Crippen molar-refractivity contribution in [3.05, 3.63) is 35.4 Å². The molecule has 1 aromatic carbocycles. The summed E-state index contributed by atoms with van der Waals surface area (Å²) < 4.78 is 28.1. The highest BCUT2D eigenvalue weighted by Crippen LogP contribution is 2.19. The predicted octanol–water partition coefficient (Wildman–Crippen LogP) is 0.265. The molecule has 5 nitrogen and oxygen atoms in total. The Labute approximate surface area is 101 Å². The van der Waals surface area contributed by atoms with E-state index in [1.165, 1.54) is 0 Å². The summed E-state index contributed by atoms with van der Waals surface area (Å²) in [7, 11) is -3.38. The van der Waals surface area contributed by atoms with Crippen LogP contribution in [0.15, 0.2) is 24.3 Å². The Kier molecular flexibility index (Phi) is 3.78. The molecule has 0 aromatic heterocycles. The van der Waals surface area contributed by atoms with Crippen LogP contribution in [0.1, 0.15) is 24.0 Å². The van der Waals surface area contributed by atoms with Gasteiger partial charge in [0.15, 0.2) is 0 Å². The Bertz CT molecular complexity index is 466. The number of aliphatic hydroxyl groups is 1. The van der Waals surface area contributed by atoms with Gasteiger partial charge in [0.05, 0.1) is 6.61 Å². The van der Waals surface area contributed by atoms with Crippen LogP contribution in [0.4, 0.5) is 0 Å². The zero-order chi connectivity index (χ0) is 12.3. The van der Waals surface area contributed by atoms with Crippen molar-refractivity contribution in [2.24, 2.45) is 0 Å². The summed E-state index contributed by atoms with van der Waals surface area (Å²) in [6.07, 6.45) is 1.85. The number of benzene rings is 1. The van der Waals surface area contributed by atoms with Crippen LogP contribution in [0, 0.1) is 0 Å². The molecule has 0 radical (unpaired) electrons. The molecule has 6 heteroatoms. The molecular formula is C11H16N2O3S. The second-order valence-electron chi connectivity index (χ2n) is 4.19. The first-order valence-electron chi connectivity index (χ1n) is 5.55. The number of hydrogen-bond donors (Lipinski definition) is 3. The summed E-state index contributed by atoms with van der Waals surface area (Å²) in [4.78, 5) is 0. The van der Waals surface area contributed by atoms with Gasteiger partial charge in [-0.15, -0.1) is 0 Å². The standard InChI is InChI=1S/C11H16N2O3S/c14-8-10-3-1-9(2-4-10)7-12-17(15,16)13-11-5-6-11/h1-4,11-14H,5-8H2. The van der Waals surface area contributed by atoms with Crippen molar-refractivity contribution in [1.82, 2.24) is 9.44 Å². The normalized spacial score (nSPS) is 16.1. The molecule has 2 rings (SSSR count). The fourth-order valence-electron chi connectivity index (χ4n) is 1.40. The van der Waals surface area contributed by atoms with E-state index in [0.29, 0.717) is 0 Å².